The average Bonchev–Trinajstić information content (AvgIpc) is 2.78. The van der Waals surface area contributed by atoms with Crippen molar-refractivity contribution in [1.29, 1.82) is 0 Å². The van der Waals surface area contributed by atoms with E-state index in [1.165, 1.54) is 0 Å². The second-order valence-corrected chi connectivity index (χ2v) is 10.1. The molecule has 4 aromatic rings. The van der Waals surface area contributed by atoms with E-state index in [0.717, 1.165) is 5.56 Å². The molecule has 0 saturated heterocycles. The van der Waals surface area contributed by atoms with Crippen molar-refractivity contribution in [3.63, 3.8) is 0 Å². The predicted octanol–water partition coefficient (Wildman–Crippen LogP) is 5.77. The Morgan fingerprint density at radius 3 is 1.86 bits per heavy atom. The quantitative estimate of drug-likeness (QED) is 0.363. The molecule has 0 aliphatic rings. The van der Waals surface area contributed by atoms with Crippen LogP contribution >= 0.6 is 0 Å². The second-order valence-electron chi connectivity index (χ2n) is 10.1. The van der Waals surface area contributed by atoms with Gasteiger partial charge in [-0.05, 0) is 32.9 Å². The first-order valence-corrected chi connectivity index (χ1v) is 11.4. The minimum Gasteiger partial charge on any atom is -0.424 e. The molecule has 2 aromatic carbocycles. The van der Waals surface area contributed by atoms with Crippen LogP contribution in [0.2, 0.25) is 0 Å². The van der Waals surface area contributed by atoms with Crippen molar-refractivity contribution in [2.45, 2.75) is 52.5 Å². The third kappa shape index (κ3) is 6.69. The number of hydrogen-bond acceptors (Lipinski definition) is 9. The molecule has 2 aromatic heterocycles. The van der Waals surface area contributed by atoms with Gasteiger partial charge in [0.1, 0.15) is 11.6 Å². The fraction of sp³-hybridized carbons (Fsp3) is 0.308. The van der Waals surface area contributed by atoms with Gasteiger partial charge in [0, 0.05) is 16.5 Å². The van der Waals surface area contributed by atoms with Crippen LogP contribution in [0.5, 0.6) is 11.8 Å². The molecule has 0 bridgehead atoms. The summed E-state index contributed by atoms with van der Waals surface area (Å²) in [5.74, 6) is 2.77. The number of nitrogens with one attached hydrogen (secondary N) is 2. The molecule has 2 N–H and O–H groups in total. The normalized spacial score (nSPS) is 11.7. The van der Waals surface area contributed by atoms with Crippen molar-refractivity contribution in [2.75, 3.05) is 10.6 Å². The van der Waals surface area contributed by atoms with Crippen LogP contribution in [-0.2, 0) is 5.41 Å². The lowest BCUT2D eigenvalue weighted by Crippen LogP contribution is -2.27. The number of nitrogens with zero attached hydrogens (tertiary/aromatic N) is 6. The molecular formula is C26H30N8O. The number of hydrogen-bond donors (Lipinski definition) is 2. The summed E-state index contributed by atoms with van der Waals surface area (Å²) in [7, 11) is 0. The Bertz CT molecular complexity index is 1280. The Labute approximate surface area is 205 Å². The highest BCUT2D eigenvalue weighted by Crippen LogP contribution is 2.26. The minimum atomic E-state index is -0.332. The minimum absolute atomic E-state index is 0.184. The van der Waals surface area contributed by atoms with E-state index in [9.17, 15) is 0 Å². The molecule has 2 heterocycles. The van der Waals surface area contributed by atoms with Gasteiger partial charge in [-0.25, -0.2) is 0 Å². The van der Waals surface area contributed by atoms with Crippen LogP contribution in [-0.4, -0.2) is 35.4 Å². The Balaban J connectivity index is 1.73. The third-order valence-electron chi connectivity index (χ3n) is 4.62. The van der Waals surface area contributed by atoms with Crippen LogP contribution in [0.25, 0.3) is 11.4 Å². The van der Waals surface area contributed by atoms with E-state index >= 15 is 0 Å². The van der Waals surface area contributed by atoms with Gasteiger partial charge in [-0.3, -0.25) is 5.32 Å². The van der Waals surface area contributed by atoms with Crippen LogP contribution in [0.1, 0.15) is 47.4 Å². The summed E-state index contributed by atoms with van der Waals surface area (Å²) in [6, 6.07) is 19.3. The summed E-state index contributed by atoms with van der Waals surface area (Å²) in [5.41, 5.74) is 0.297. The number of benzene rings is 2. The Morgan fingerprint density at radius 1 is 0.629 bits per heavy atom. The molecule has 0 unspecified atom stereocenters. The largest absolute Gasteiger partial charge is 0.424 e. The Morgan fingerprint density at radius 2 is 1.23 bits per heavy atom. The summed E-state index contributed by atoms with van der Waals surface area (Å²) in [6.45, 7) is 12.2. The Kier molecular flexibility index (Phi) is 6.59. The third-order valence-corrected chi connectivity index (χ3v) is 4.62. The molecule has 0 aliphatic heterocycles. The first kappa shape index (κ1) is 24.0. The van der Waals surface area contributed by atoms with Crippen LogP contribution in [0.4, 0.5) is 17.8 Å². The van der Waals surface area contributed by atoms with Crippen molar-refractivity contribution in [3.8, 4) is 23.1 Å². The molecule has 180 valence electrons. The first-order valence-electron chi connectivity index (χ1n) is 11.4. The lowest BCUT2D eigenvalue weighted by Gasteiger charge is -2.21. The molecule has 0 radical (unpaired) electrons. The highest BCUT2D eigenvalue weighted by atomic mass is 16.5. The molecule has 0 atom stereocenters. The number of rotatable bonds is 6. The van der Waals surface area contributed by atoms with E-state index in [-0.39, 0.29) is 22.9 Å². The molecule has 0 amide bonds. The van der Waals surface area contributed by atoms with Gasteiger partial charge in [-0.2, -0.15) is 29.9 Å². The fourth-order valence-electron chi connectivity index (χ4n) is 3.03. The van der Waals surface area contributed by atoms with Gasteiger partial charge in [-0.1, -0.05) is 69.3 Å². The number of para-hydroxylation sites is 1. The zero-order valence-electron chi connectivity index (χ0n) is 20.9. The van der Waals surface area contributed by atoms with Gasteiger partial charge >= 0.3 is 6.01 Å². The summed E-state index contributed by atoms with van der Waals surface area (Å²) in [4.78, 5) is 27.4. The summed E-state index contributed by atoms with van der Waals surface area (Å²) in [5, 5.41) is 6.45. The molecule has 0 spiro atoms. The summed E-state index contributed by atoms with van der Waals surface area (Å²) in [6.07, 6.45) is 0. The van der Waals surface area contributed by atoms with Crippen molar-refractivity contribution < 1.29 is 4.74 Å². The molecular weight excluding hydrogens is 440 g/mol. The van der Waals surface area contributed by atoms with Gasteiger partial charge in [-0.15, -0.1) is 0 Å². The summed E-state index contributed by atoms with van der Waals surface area (Å²) >= 11 is 0. The van der Waals surface area contributed by atoms with Crippen molar-refractivity contribution in [3.05, 3.63) is 66.5 Å². The zero-order chi connectivity index (χ0) is 25.1. The van der Waals surface area contributed by atoms with Gasteiger partial charge < -0.3 is 10.1 Å². The lowest BCUT2D eigenvalue weighted by molar-refractivity contribution is 0.425. The maximum Gasteiger partial charge on any atom is 0.327 e. The fourth-order valence-corrected chi connectivity index (χ4v) is 3.03. The van der Waals surface area contributed by atoms with Gasteiger partial charge in [0.05, 0.1) is 0 Å². The second kappa shape index (κ2) is 9.61. The molecule has 0 saturated carbocycles. The SMILES string of the molecule is CC(C)(C)Nc1nc(Nc2nc(Oc3ccccc3)nc(C(C)(C)C)n2)nc(-c2ccccc2)n1. The summed E-state index contributed by atoms with van der Waals surface area (Å²) < 4.78 is 5.91. The smallest absolute Gasteiger partial charge is 0.327 e. The standard InChI is InChI=1S/C26H30N8O/c1-25(2,3)20-29-22(33-24(30-20)35-18-15-11-8-12-16-18)31-21-27-19(17-13-9-7-10-14-17)28-23(32-21)34-26(4,5)6/h7-16H,1-6H3,(H2,27,28,29,30,31,32,33,34). The van der Waals surface area contributed by atoms with E-state index < -0.39 is 0 Å². The molecule has 0 fully saturated rings. The van der Waals surface area contributed by atoms with Gasteiger partial charge in [0.2, 0.25) is 17.8 Å². The molecule has 9 heteroatoms. The van der Waals surface area contributed by atoms with Crippen molar-refractivity contribution in [1.82, 2.24) is 29.9 Å². The average molecular weight is 471 g/mol. The van der Waals surface area contributed by atoms with Gasteiger partial charge in [0.15, 0.2) is 5.82 Å². The number of aromatic nitrogens is 6. The van der Waals surface area contributed by atoms with E-state index in [4.69, 9.17) is 4.74 Å². The maximum absolute atomic E-state index is 5.91. The molecule has 0 aliphatic carbocycles. The number of ether oxygens (including phenoxy) is 1. The number of anilines is 3. The monoisotopic (exact) mass is 470 g/mol. The molecule has 35 heavy (non-hydrogen) atoms. The highest BCUT2D eigenvalue weighted by Gasteiger charge is 2.22. The van der Waals surface area contributed by atoms with Crippen LogP contribution in [0, 0.1) is 0 Å². The van der Waals surface area contributed by atoms with Crippen LogP contribution < -0.4 is 15.4 Å². The first-order chi connectivity index (χ1) is 16.5. The highest BCUT2D eigenvalue weighted by molar-refractivity contribution is 5.59. The van der Waals surface area contributed by atoms with E-state index in [1.807, 2.05) is 102 Å². The van der Waals surface area contributed by atoms with E-state index in [0.29, 0.717) is 29.3 Å². The molecule has 4 rings (SSSR count). The predicted molar refractivity (Wildman–Crippen MR) is 137 cm³/mol. The molecule has 9 nitrogen and oxygen atoms in total. The van der Waals surface area contributed by atoms with Crippen molar-refractivity contribution in [2.24, 2.45) is 0 Å². The topological polar surface area (TPSA) is 111 Å². The zero-order valence-corrected chi connectivity index (χ0v) is 20.9. The van der Waals surface area contributed by atoms with E-state index in [1.54, 1.807) is 0 Å². The lowest BCUT2D eigenvalue weighted by atomic mass is 9.96. The van der Waals surface area contributed by atoms with Crippen molar-refractivity contribution >= 4 is 17.8 Å². The van der Waals surface area contributed by atoms with E-state index in [2.05, 4.69) is 40.5 Å². The maximum atomic E-state index is 5.91. The van der Waals surface area contributed by atoms with Crippen LogP contribution in [0.3, 0.4) is 0 Å². The van der Waals surface area contributed by atoms with Gasteiger partial charge in [0.25, 0.3) is 0 Å². The van der Waals surface area contributed by atoms with Crippen LogP contribution in [0.15, 0.2) is 60.7 Å². The Hall–Kier alpha value is -4.14.